The van der Waals surface area contributed by atoms with Gasteiger partial charge in [0.25, 0.3) is 0 Å². The van der Waals surface area contributed by atoms with Gasteiger partial charge in [0.15, 0.2) is 0 Å². The predicted octanol–water partition coefficient (Wildman–Crippen LogP) is 0.513. The minimum atomic E-state index is -1.55. The fourth-order valence-corrected chi connectivity index (χ4v) is 4.84. The predicted molar refractivity (Wildman–Crippen MR) is 204 cm³/mol. The average molecular weight is 835 g/mol. The maximum atomic E-state index is 12.5. The zero-order chi connectivity index (χ0) is 44.4. The maximum Gasteiger partial charge on any atom is 0.326 e. The molecule has 0 rings (SSSR count). The number of hydrogen-bond donors (Lipinski definition) is 10. The van der Waals surface area contributed by atoms with Crippen LogP contribution in [0.3, 0.4) is 0 Å². The molecule has 7 atom stereocenters. The molecular formula is C37H62N4O17. The lowest BCUT2D eigenvalue weighted by Crippen LogP contribution is -2.41. The third-order valence-corrected chi connectivity index (χ3v) is 8.72. The van der Waals surface area contributed by atoms with E-state index in [1.54, 1.807) is 0 Å². The standard InChI is InChI=1S/C31H48N4O14.C5H10O3.CH4/c1-17(36)23(32)5-3-4-14-33-26(40)12-6-19(28(42)43)15-22(39)9-11-25(31(48)49)35-27(41)13-7-20(29(44)45)16-21(38)8-10-24(30(46)47)34-18(2)37;1-3(4(2)6)5(7)8;/h19-20,23-25H,3-16,32H2,1-2H3,(H,33,40)(H,34,37)(H,35,41)(H,42,43)(H,44,45)(H,46,47)(H,48,49);3-4,6H,1-2H3,(H,7,8);1H4/t19-,20-,23+,24+,25+;3-,4+;/m10./s1. The number of nitrogens with two attached hydrogens (primary N) is 1. The SMILES string of the molecule is C.CC(=O)N[C@@H](CCC(=O)C[C@@H](CCC(=O)N[C@@H](CCC(=O)C[C@@H](CCC(=O)NCCCC[C@H](N)C(C)=O)C(=O)O)C(=O)O)C(=O)O)C(=O)O.C[C@H](C(=O)O)[C@@H](C)O. The number of carboxylic acid groups (broad SMARTS) is 5. The van der Waals surface area contributed by atoms with Crippen molar-refractivity contribution >= 4 is 64.9 Å². The summed E-state index contributed by atoms with van der Waals surface area (Å²) in [6.45, 7) is 5.71. The van der Waals surface area contributed by atoms with E-state index in [9.17, 15) is 68.1 Å². The zero-order valence-corrected chi connectivity index (χ0v) is 32.7. The van der Waals surface area contributed by atoms with Gasteiger partial charge in [-0.15, -0.1) is 0 Å². The normalized spacial score (nSPS) is 14.1. The number of ketones is 3. The molecule has 0 aromatic carbocycles. The van der Waals surface area contributed by atoms with E-state index in [-0.39, 0.29) is 51.7 Å². The number of carbonyl (C=O) groups is 11. The Kier molecular flexibility index (Phi) is 30.3. The molecule has 0 aliphatic heterocycles. The van der Waals surface area contributed by atoms with Crippen LogP contribution in [-0.4, -0.2) is 126 Å². The number of hydrogen-bond acceptors (Lipinski definition) is 13. The van der Waals surface area contributed by atoms with Gasteiger partial charge in [0.05, 0.1) is 29.9 Å². The van der Waals surface area contributed by atoms with Gasteiger partial charge in [-0.05, 0) is 65.7 Å². The highest BCUT2D eigenvalue weighted by Gasteiger charge is 2.28. The van der Waals surface area contributed by atoms with Crippen molar-refractivity contribution < 1.29 is 83.4 Å². The Labute approximate surface area is 336 Å². The van der Waals surface area contributed by atoms with Gasteiger partial charge in [0, 0.05) is 52.0 Å². The van der Waals surface area contributed by atoms with Crippen LogP contribution in [0, 0.1) is 17.8 Å². The number of aliphatic hydroxyl groups excluding tert-OH is 1. The summed E-state index contributed by atoms with van der Waals surface area (Å²) in [5, 5.41) is 61.3. The summed E-state index contributed by atoms with van der Waals surface area (Å²) in [7, 11) is 0. The van der Waals surface area contributed by atoms with Crippen molar-refractivity contribution in [1.29, 1.82) is 0 Å². The van der Waals surface area contributed by atoms with Gasteiger partial charge >= 0.3 is 29.8 Å². The number of aliphatic carboxylic acids is 5. The van der Waals surface area contributed by atoms with Crippen molar-refractivity contribution in [1.82, 2.24) is 16.0 Å². The van der Waals surface area contributed by atoms with Crippen LogP contribution in [0.25, 0.3) is 0 Å². The third-order valence-electron chi connectivity index (χ3n) is 8.72. The van der Waals surface area contributed by atoms with E-state index in [1.807, 2.05) is 0 Å². The lowest BCUT2D eigenvalue weighted by Gasteiger charge is -2.17. The van der Waals surface area contributed by atoms with Crippen molar-refractivity contribution in [3.05, 3.63) is 0 Å². The number of rotatable bonds is 30. The second kappa shape index (κ2) is 30.8. The molecule has 332 valence electrons. The first kappa shape index (κ1) is 57.0. The average Bonchev–Trinajstić information content (AvgIpc) is 3.10. The monoisotopic (exact) mass is 834 g/mol. The summed E-state index contributed by atoms with van der Waals surface area (Å²) in [4.78, 5) is 128. The molecule has 0 spiro atoms. The van der Waals surface area contributed by atoms with Crippen LogP contribution in [0.4, 0.5) is 0 Å². The second-order valence-corrected chi connectivity index (χ2v) is 13.7. The number of unbranched alkanes of at least 4 members (excludes halogenated alkanes) is 1. The molecule has 0 bridgehead atoms. The summed E-state index contributed by atoms with van der Waals surface area (Å²) in [5.41, 5.74) is 5.64. The number of amides is 3. The quantitative estimate of drug-likeness (QED) is 0.0441. The highest BCUT2D eigenvalue weighted by atomic mass is 16.4. The largest absolute Gasteiger partial charge is 0.481 e. The lowest BCUT2D eigenvalue weighted by atomic mass is 9.93. The Morgan fingerprint density at radius 3 is 1.33 bits per heavy atom. The molecule has 3 amide bonds. The summed E-state index contributed by atoms with van der Waals surface area (Å²) >= 11 is 0. The van der Waals surface area contributed by atoms with E-state index < -0.39 is 127 Å². The Morgan fingerprint density at radius 1 is 0.552 bits per heavy atom. The number of aliphatic hydroxyl groups is 1. The maximum absolute atomic E-state index is 12.5. The molecule has 11 N–H and O–H groups in total. The zero-order valence-electron chi connectivity index (χ0n) is 32.7. The third kappa shape index (κ3) is 28.1. The van der Waals surface area contributed by atoms with Crippen LogP contribution in [0.2, 0.25) is 0 Å². The van der Waals surface area contributed by atoms with E-state index >= 15 is 0 Å². The van der Waals surface area contributed by atoms with Gasteiger partial charge < -0.3 is 52.3 Å². The first-order chi connectivity index (χ1) is 26.4. The van der Waals surface area contributed by atoms with Gasteiger partial charge in [-0.1, -0.05) is 7.43 Å². The first-order valence-electron chi connectivity index (χ1n) is 18.3. The molecule has 0 aromatic rings. The highest BCUT2D eigenvalue weighted by Crippen LogP contribution is 2.17. The minimum absolute atomic E-state index is 0. The molecule has 0 saturated heterocycles. The number of nitrogens with one attached hydrogen (secondary N) is 3. The van der Waals surface area contributed by atoms with Crippen molar-refractivity contribution in [3.63, 3.8) is 0 Å². The lowest BCUT2D eigenvalue weighted by molar-refractivity contribution is -0.145. The van der Waals surface area contributed by atoms with Gasteiger partial charge in [-0.25, -0.2) is 9.59 Å². The molecule has 58 heavy (non-hydrogen) atoms. The van der Waals surface area contributed by atoms with Crippen LogP contribution in [0.5, 0.6) is 0 Å². The molecule has 0 heterocycles. The van der Waals surface area contributed by atoms with Crippen molar-refractivity contribution in [2.24, 2.45) is 23.5 Å². The molecule has 0 fully saturated rings. The topological polar surface area (TPSA) is 371 Å². The Balaban J connectivity index is -0.00000301. The summed E-state index contributed by atoms with van der Waals surface area (Å²) in [5.74, 6) is -13.0. The van der Waals surface area contributed by atoms with E-state index in [4.69, 9.17) is 21.1 Å². The Bertz CT molecular complexity index is 1420. The van der Waals surface area contributed by atoms with E-state index in [1.165, 1.54) is 20.8 Å². The fraction of sp³-hybridized carbons (Fsp3) is 0.703. The van der Waals surface area contributed by atoms with Crippen molar-refractivity contribution in [2.45, 2.75) is 143 Å². The smallest absolute Gasteiger partial charge is 0.326 e. The minimum Gasteiger partial charge on any atom is -0.481 e. The molecular weight excluding hydrogens is 772 g/mol. The molecule has 0 radical (unpaired) electrons. The van der Waals surface area contributed by atoms with Crippen LogP contribution in [-0.2, 0) is 52.7 Å². The van der Waals surface area contributed by atoms with E-state index in [2.05, 4.69) is 16.0 Å². The van der Waals surface area contributed by atoms with Crippen LogP contribution < -0.4 is 21.7 Å². The Morgan fingerprint density at radius 2 is 0.983 bits per heavy atom. The molecule has 21 nitrogen and oxygen atoms in total. The molecule has 0 aliphatic rings. The van der Waals surface area contributed by atoms with E-state index in [0.29, 0.717) is 25.8 Å². The van der Waals surface area contributed by atoms with Gasteiger partial charge in [-0.3, -0.25) is 43.2 Å². The van der Waals surface area contributed by atoms with Crippen molar-refractivity contribution in [2.75, 3.05) is 6.54 Å². The summed E-state index contributed by atoms with van der Waals surface area (Å²) in [6.07, 6.45) is -2.70. The molecule has 0 aliphatic carbocycles. The Hall–Kier alpha value is -5.31. The first-order valence-corrected chi connectivity index (χ1v) is 18.3. The number of Topliss-reactive ketones (excluding diaryl/α,β-unsaturated/α-hetero) is 3. The molecule has 0 saturated carbocycles. The van der Waals surface area contributed by atoms with Gasteiger partial charge in [0.2, 0.25) is 17.7 Å². The molecule has 0 aromatic heterocycles. The van der Waals surface area contributed by atoms with Gasteiger partial charge in [-0.2, -0.15) is 0 Å². The number of carboxylic acids is 5. The van der Waals surface area contributed by atoms with Crippen LogP contribution >= 0.6 is 0 Å². The van der Waals surface area contributed by atoms with Crippen LogP contribution in [0.1, 0.15) is 119 Å². The summed E-state index contributed by atoms with van der Waals surface area (Å²) in [6, 6.07) is -3.46. The number of carbonyl (C=O) groups excluding carboxylic acids is 6. The van der Waals surface area contributed by atoms with E-state index in [0.717, 1.165) is 6.92 Å². The molecule has 0 unspecified atom stereocenters. The summed E-state index contributed by atoms with van der Waals surface area (Å²) < 4.78 is 0. The van der Waals surface area contributed by atoms with Gasteiger partial charge in [0.1, 0.15) is 29.4 Å². The fourth-order valence-electron chi connectivity index (χ4n) is 4.84. The highest BCUT2D eigenvalue weighted by molar-refractivity contribution is 5.88. The van der Waals surface area contributed by atoms with Crippen LogP contribution in [0.15, 0.2) is 0 Å². The van der Waals surface area contributed by atoms with Crippen molar-refractivity contribution in [3.8, 4) is 0 Å². The molecule has 21 heteroatoms. The second-order valence-electron chi connectivity index (χ2n) is 13.7.